The van der Waals surface area contributed by atoms with Crippen LogP contribution in [0.15, 0.2) is 48.5 Å². The maximum absolute atomic E-state index is 11.8. The molecule has 2 rings (SSSR count). The topological polar surface area (TPSA) is 165 Å². The number of phenols is 1. The van der Waals surface area contributed by atoms with Crippen LogP contribution in [0.25, 0.3) is 0 Å². The molecule has 10 nitrogen and oxygen atoms in total. The second-order valence-electron chi connectivity index (χ2n) is 7.73. The molecule has 0 saturated heterocycles. The molecular formula is C25H34N2O8. The number of carboxylic acids is 2. The Balaban J connectivity index is 0.000000905. The highest BCUT2D eigenvalue weighted by atomic mass is 16.5. The fraction of sp³-hybridized carbons (Fsp3) is 0.400. The van der Waals surface area contributed by atoms with Crippen molar-refractivity contribution in [3.05, 3.63) is 54.1 Å². The average Bonchev–Trinajstić information content (AvgIpc) is 2.83. The number of hydrogen-bond acceptors (Lipinski definition) is 7. The molecule has 0 aromatic heterocycles. The van der Waals surface area contributed by atoms with Crippen LogP contribution in [0.4, 0.5) is 5.69 Å². The van der Waals surface area contributed by atoms with Crippen molar-refractivity contribution in [2.75, 3.05) is 25.0 Å². The van der Waals surface area contributed by atoms with Gasteiger partial charge in [-0.15, -0.1) is 0 Å². The van der Waals surface area contributed by atoms with Gasteiger partial charge in [0.05, 0.1) is 0 Å². The van der Waals surface area contributed by atoms with Gasteiger partial charge in [0.25, 0.3) is 0 Å². The lowest BCUT2D eigenvalue weighted by Crippen LogP contribution is -2.32. The minimum atomic E-state index is -1.82. The van der Waals surface area contributed by atoms with Gasteiger partial charge in [-0.2, -0.15) is 0 Å². The number of aliphatic hydroxyl groups excluding tert-OH is 1. The number of amides is 1. The first-order chi connectivity index (χ1) is 16.7. The fourth-order valence-electron chi connectivity index (χ4n) is 2.81. The predicted octanol–water partition coefficient (Wildman–Crippen LogP) is 2.64. The van der Waals surface area contributed by atoms with Crippen molar-refractivity contribution in [1.29, 1.82) is 0 Å². The van der Waals surface area contributed by atoms with Gasteiger partial charge in [0.15, 0.2) is 0 Å². The van der Waals surface area contributed by atoms with E-state index >= 15 is 0 Å². The second-order valence-corrected chi connectivity index (χ2v) is 7.73. The Morgan fingerprint density at radius 1 is 0.943 bits per heavy atom. The van der Waals surface area contributed by atoms with E-state index in [4.69, 9.17) is 24.5 Å². The Hall–Kier alpha value is -3.63. The van der Waals surface area contributed by atoms with Crippen LogP contribution in [0, 0.1) is 0 Å². The van der Waals surface area contributed by atoms with Crippen molar-refractivity contribution in [3.63, 3.8) is 0 Å². The van der Waals surface area contributed by atoms with E-state index in [1.807, 2.05) is 12.1 Å². The first-order valence-corrected chi connectivity index (χ1v) is 11.4. The number of phenolic OH excluding ortho intramolecular Hbond substituents is 1. The SMILES string of the molecule is CCCCCC(=O)Nc1ccc(OCC(O)CNCCc2ccc(O)cc2)cc1.O=C(O)C(=O)O. The van der Waals surface area contributed by atoms with Crippen LogP contribution in [-0.2, 0) is 20.8 Å². The first-order valence-electron chi connectivity index (χ1n) is 11.4. The zero-order chi connectivity index (χ0) is 26.1. The monoisotopic (exact) mass is 490 g/mol. The summed E-state index contributed by atoms with van der Waals surface area (Å²) in [7, 11) is 0. The van der Waals surface area contributed by atoms with Gasteiger partial charge in [-0.1, -0.05) is 31.9 Å². The van der Waals surface area contributed by atoms with Gasteiger partial charge in [0.1, 0.15) is 24.2 Å². The van der Waals surface area contributed by atoms with Crippen LogP contribution in [-0.4, -0.2) is 64.1 Å². The second kappa shape index (κ2) is 16.9. The molecule has 192 valence electrons. The molecule has 0 aliphatic heterocycles. The Morgan fingerprint density at radius 3 is 2.14 bits per heavy atom. The Labute approximate surface area is 204 Å². The molecular weight excluding hydrogens is 456 g/mol. The molecule has 35 heavy (non-hydrogen) atoms. The van der Waals surface area contributed by atoms with E-state index < -0.39 is 18.0 Å². The van der Waals surface area contributed by atoms with Crippen molar-refractivity contribution in [2.45, 2.75) is 45.1 Å². The molecule has 0 spiro atoms. The summed E-state index contributed by atoms with van der Waals surface area (Å²) in [6, 6.07) is 14.3. The van der Waals surface area contributed by atoms with E-state index in [9.17, 15) is 15.0 Å². The van der Waals surface area contributed by atoms with Crippen LogP contribution in [0.1, 0.15) is 38.2 Å². The first kappa shape index (κ1) is 29.4. The molecule has 0 heterocycles. The van der Waals surface area contributed by atoms with Crippen LogP contribution in [0.3, 0.4) is 0 Å². The molecule has 6 N–H and O–H groups in total. The number of aliphatic carboxylic acids is 2. The molecule has 0 aliphatic carbocycles. The van der Waals surface area contributed by atoms with E-state index in [0.717, 1.165) is 43.5 Å². The number of rotatable bonds is 13. The summed E-state index contributed by atoms with van der Waals surface area (Å²) in [4.78, 5) is 30.0. The van der Waals surface area contributed by atoms with Crippen LogP contribution in [0.2, 0.25) is 0 Å². The number of carbonyl (C=O) groups is 3. The normalized spacial score (nSPS) is 11.0. The zero-order valence-corrected chi connectivity index (χ0v) is 19.8. The molecule has 0 bridgehead atoms. The lowest BCUT2D eigenvalue weighted by Gasteiger charge is -2.14. The number of unbranched alkanes of at least 4 members (excludes halogenated alkanes) is 2. The molecule has 2 aromatic rings. The number of anilines is 1. The Morgan fingerprint density at radius 2 is 1.57 bits per heavy atom. The van der Waals surface area contributed by atoms with Gasteiger partial charge in [-0.25, -0.2) is 9.59 Å². The number of hydrogen-bond donors (Lipinski definition) is 6. The summed E-state index contributed by atoms with van der Waals surface area (Å²) in [5.74, 6) is -2.71. The van der Waals surface area contributed by atoms with E-state index in [0.29, 0.717) is 18.7 Å². The highest BCUT2D eigenvalue weighted by Crippen LogP contribution is 2.16. The van der Waals surface area contributed by atoms with E-state index in [2.05, 4.69) is 17.6 Å². The van der Waals surface area contributed by atoms with E-state index in [-0.39, 0.29) is 18.3 Å². The summed E-state index contributed by atoms with van der Waals surface area (Å²) in [5.41, 5.74) is 1.87. The van der Waals surface area contributed by atoms with Crippen LogP contribution < -0.4 is 15.4 Å². The number of aliphatic hydroxyl groups is 1. The van der Waals surface area contributed by atoms with Crippen LogP contribution >= 0.6 is 0 Å². The number of carboxylic acid groups (broad SMARTS) is 2. The summed E-state index contributed by atoms with van der Waals surface area (Å²) in [5, 5.41) is 40.2. The van der Waals surface area contributed by atoms with E-state index in [1.54, 1.807) is 36.4 Å². The minimum Gasteiger partial charge on any atom is -0.508 e. The number of benzene rings is 2. The van der Waals surface area contributed by atoms with Gasteiger partial charge < -0.3 is 35.8 Å². The van der Waals surface area contributed by atoms with E-state index in [1.165, 1.54) is 0 Å². The highest BCUT2D eigenvalue weighted by molar-refractivity contribution is 6.27. The number of nitrogens with one attached hydrogen (secondary N) is 2. The van der Waals surface area contributed by atoms with Gasteiger partial charge in [0.2, 0.25) is 5.91 Å². The van der Waals surface area contributed by atoms with Crippen molar-refractivity contribution in [2.24, 2.45) is 0 Å². The average molecular weight is 491 g/mol. The molecule has 10 heteroatoms. The van der Waals surface area contributed by atoms with Crippen molar-refractivity contribution in [3.8, 4) is 11.5 Å². The summed E-state index contributed by atoms with van der Waals surface area (Å²) < 4.78 is 5.61. The van der Waals surface area contributed by atoms with Gasteiger partial charge >= 0.3 is 11.9 Å². The molecule has 1 amide bonds. The molecule has 0 saturated carbocycles. The lowest BCUT2D eigenvalue weighted by atomic mass is 10.1. The maximum Gasteiger partial charge on any atom is 0.414 e. The van der Waals surface area contributed by atoms with Gasteiger partial charge in [0, 0.05) is 18.7 Å². The molecule has 1 unspecified atom stereocenters. The number of ether oxygens (including phenoxy) is 1. The number of aromatic hydroxyl groups is 1. The minimum absolute atomic E-state index is 0.0286. The summed E-state index contributed by atoms with van der Waals surface area (Å²) in [6.07, 6.45) is 3.81. The largest absolute Gasteiger partial charge is 0.508 e. The van der Waals surface area contributed by atoms with Crippen molar-refractivity contribution >= 4 is 23.5 Å². The fourth-order valence-corrected chi connectivity index (χ4v) is 2.81. The molecule has 0 aliphatic rings. The van der Waals surface area contributed by atoms with Crippen molar-refractivity contribution in [1.82, 2.24) is 5.32 Å². The third-order valence-electron chi connectivity index (χ3n) is 4.68. The zero-order valence-electron chi connectivity index (χ0n) is 19.8. The molecule has 0 fully saturated rings. The summed E-state index contributed by atoms with van der Waals surface area (Å²) in [6.45, 7) is 3.47. The summed E-state index contributed by atoms with van der Waals surface area (Å²) >= 11 is 0. The standard InChI is InChI=1S/C23H32N2O4.C2H2O4/c1-2-3-4-5-23(28)25-19-8-12-22(13-9-19)29-17-21(27)16-24-15-14-18-6-10-20(26)11-7-18;3-1(4)2(5)6/h6-13,21,24,26-27H,2-5,14-17H2,1H3,(H,25,28);(H,3,4)(H,5,6). The molecule has 1 atom stereocenters. The van der Waals surface area contributed by atoms with Gasteiger partial charge in [-0.05, 0) is 61.3 Å². The quantitative estimate of drug-likeness (QED) is 0.183. The van der Waals surface area contributed by atoms with Gasteiger partial charge in [-0.3, -0.25) is 4.79 Å². The van der Waals surface area contributed by atoms with Crippen molar-refractivity contribution < 1.29 is 39.5 Å². The third kappa shape index (κ3) is 14.3. The van der Waals surface area contributed by atoms with Crippen LogP contribution in [0.5, 0.6) is 11.5 Å². The molecule has 2 aromatic carbocycles. The third-order valence-corrected chi connectivity index (χ3v) is 4.68. The Kier molecular flexibility index (Phi) is 14.2. The lowest BCUT2D eigenvalue weighted by molar-refractivity contribution is -0.159. The number of carbonyl (C=O) groups excluding carboxylic acids is 1. The Bertz CT molecular complexity index is 889. The smallest absolute Gasteiger partial charge is 0.414 e. The predicted molar refractivity (Wildman–Crippen MR) is 131 cm³/mol. The highest BCUT2D eigenvalue weighted by Gasteiger charge is 2.06. The maximum atomic E-state index is 11.8. The molecule has 0 radical (unpaired) electrons.